The molecule has 0 bridgehead atoms. The number of benzene rings is 1. The molecule has 1 atom stereocenters. The van der Waals surface area contributed by atoms with E-state index in [1.807, 2.05) is 0 Å². The van der Waals surface area contributed by atoms with Crippen LogP contribution in [0.2, 0.25) is 5.02 Å². The van der Waals surface area contributed by atoms with E-state index in [-0.39, 0.29) is 0 Å². The molecule has 0 fully saturated rings. The molecule has 0 aromatic heterocycles. The number of ether oxygens (including phenoxy) is 1. The van der Waals surface area contributed by atoms with Gasteiger partial charge in [-0.3, -0.25) is 0 Å². The summed E-state index contributed by atoms with van der Waals surface area (Å²) in [6, 6.07) is 3.31. The summed E-state index contributed by atoms with van der Waals surface area (Å²) >= 11 is 9.09. The average Bonchev–Trinajstić information content (AvgIpc) is 2.42. The molecule has 1 aromatic rings. The molecule has 0 saturated heterocycles. The summed E-state index contributed by atoms with van der Waals surface area (Å²) < 4.78 is 5.49. The summed E-state index contributed by atoms with van der Waals surface area (Å²) in [5, 5.41) is 14.5. The second-order valence-electron chi connectivity index (χ2n) is 4.25. The zero-order valence-electron chi connectivity index (χ0n) is 11.4. The minimum Gasteiger partial charge on any atom is -0.480 e. The van der Waals surface area contributed by atoms with Crippen LogP contribution in [0.3, 0.4) is 0 Å². The highest BCUT2D eigenvalue weighted by Gasteiger charge is 2.19. The molecular weight excluding hydrogens is 364 g/mol. The molecule has 0 aliphatic rings. The Morgan fingerprint density at radius 1 is 1.48 bits per heavy atom. The number of carbonyl (C=O) groups is 2. The van der Waals surface area contributed by atoms with Gasteiger partial charge in [-0.15, -0.1) is 0 Å². The Labute approximate surface area is 135 Å². The van der Waals surface area contributed by atoms with Crippen molar-refractivity contribution in [3.8, 4) is 0 Å². The Morgan fingerprint density at radius 3 is 2.76 bits per heavy atom. The van der Waals surface area contributed by atoms with Crippen LogP contribution in [0.5, 0.6) is 0 Å². The molecule has 0 aliphatic heterocycles. The number of rotatable bonds is 7. The number of halogens is 2. The molecule has 116 valence electrons. The SMILES string of the molecule is COCCCC(NC(=O)Nc1ccc(Cl)c(Br)c1)C(=O)O. The molecular formula is C13H16BrClN2O4. The van der Waals surface area contributed by atoms with E-state index in [1.165, 1.54) is 7.11 Å². The zero-order valence-corrected chi connectivity index (χ0v) is 13.7. The van der Waals surface area contributed by atoms with E-state index >= 15 is 0 Å². The topological polar surface area (TPSA) is 87.7 Å². The van der Waals surface area contributed by atoms with Gasteiger partial charge < -0.3 is 20.5 Å². The van der Waals surface area contributed by atoms with Gasteiger partial charge in [0.15, 0.2) is 0 Å². The standard InChI is InChI=1S/C13H16BrClN2O4/c1-21-6-2-3-11(12(18)19)17-13(20)16-8-4-5-10(15)9(14)7-8/h4-5,7,11H,2-3,6H2,1H3,(H,18,19)(H2,16,17,20). The number of amides is 2. The molecule has 1 unspecified atom stereocenters. The Balaban J connectivity index is 2.56. The number of carbonyl (C=O) groups excluding carboxylic acids is 1. The highest BCUT2D eigenvalue weighted by atomic mass is 79.9. The van der Waals surface area contributed by atoms with E-state index in [0.29, 0.717) is 34.6 Å². The highest BCUT2D eigenvalue weighted by Crippen LogP contribution is 2.25. The van der Waals surface area contributed by atoms with Gasteiger partial charge in [0.2, 0.25) is 0 Å². The van der Waals surface area contributed by atoms with Crippen molar-refractivity contribution in [1.82, 2.24) is 5.32 Å². The first-order chi connectivity index (χ1) is 9.93. The molecule has 6 nitrogen and oxygen atoms in total. The third-order valence-electron chi connectivity index (χ3n) is 2.62. The van der Waals surface area contributed by atoms with Gasteiger partial charge in [-0.25, -0.2) is 9.59 Å². The maximum Gasteiger partial charge on any atom is 0.326 e. The Hall–Kier alpha value is -1.31. The van der Waals surface area contributed by atoms with Crippen LogP contribution >= 0.6 is 27.5 Å². The van der Waals surface area contributed by atoms with Gasteiger partial charge in [0.1, 0.15) is 6.04 Å². The molecule has 2 amide bonds. The number of anilines is 1. The van der Waals surface area contributed by atoms with Crippen molar-refractivity contribution in [3.63, 3.8) is 0 Å². The monoisotopic (exact) mass is 378 g/mol. The molecule has 3 N–H and O–H groups in total. The van der Waals surface area contributed by atoms with Crippen molar-refractivity contribution in [3.05, 3.63) is 27.7 Å². The van der Waals surface area contributed by atoms with E-state index < -0.39 is 18.0 Å². The number of aliphatic carboxylic acids is 1. The van der Waals surface area contributed by atoms with Gasteiger partial charge >= 0.3 is 12.0 Å². The number of carboxylic acid groups (broad SMARTS) is 1. The summed E-state index contributed by atoms with van der Waals surface area (Å²) in [5.74, 6) is -1.08. The first kappa shape index (κ1) is 17.7. The Morgan fingerprint density at radius 2 is 2.19 bits per heavy atom. The first-order valence-corrected chi connectivity index (χ1v) is 7.35. The van der Waals surface area contributed by atoms with Crippen LogP contribution in [0.15, 0.2) is 22.7 Å². The van der Waals surface area contributed by atoms with Crippen molar-refractivity contribution in [2.24, 2.45) is 0 Å². The Kier molecular flexibility index (Phi) is 7.49. The van der Waals surface area contributed by atoms with Gasteiger partial charge in [-0.1, -0.05) is 11.6 Å². The normalized spacial score (nSPS) is 11.8. The quantitative estimate of drug-likeness (QED) is 0.635. The molecule has 0 aliphatic carbocycles. The van der Waals surface area contributed by atoms with Crippen LogP contribution in [0.1, 0.15) is 12.8 Å². The van der Waals surface area contributed by atoms with E-state index in [9.17, 15) is 9.59 Å². The van der Waals surface area contributed by atoms with Gasteiger partial charge in [0.05, 0.1) is 5.02 Å². The predicted molar refractivity (Wildman–Crippen MR) is 83.8 cm³/mol. The third kappa shape index (κ3) is 6.33. The van der Waals surface area contributed by atoms with Crippen LogP contribution < -0.4 is 10.6 Å². The third-order valence-corrected chi connectivity index (χ3v) is 3.84. The van der Waals surface area contributed by atoms with Crippen molar-refractivity contribution in [2.45, 2.75) is 18.9 Å². The number of urea groups is 1. The van der Waals surface area contributed by atoms with Crippen LogP contribution in [-0.2, 0) is 9.53 Å². The number of nitrogens with one attached hydrogen (secondary N) is 2. The minimum absolute atomic E-state index is 0.293. The molecule has 21 heavy (non-hydrogen) atoms. The lowest BCUT2D eigenvalue weighted by Gasteiger charge is -2.15. The van der Waals surface area contributed by atoms with E-state index in [4.69, 9.17) is 21.4 Å². The first-order valence-electron chi connectivity index (χ1n) is 6.18. The van der Waals surface area contributed by atoms with Gasteiger partial charge in [-0.2, -0.15) is 0 Å². The van der Waals surface area contributed by atoms with Crippen LogP contribution in [0.25, 0.3) is 0 Å². The molecule has 0 heterocycles. The fourth-order valence-electron chi connectivity index (χ4n) is 1.59. The predicted octanol–water partition coefficient (Wildman–Crippen LogP) is 3.10. The number of methoxy groups -OCH3 is 1. The maximum absolute atomic E-state index is 11.8. The molecule has 0 radical (unpaired) electrons. The molecule has 8 heteroatoms. The van der Waals surface area contributed by atoms with Gasteiger partial charge in [0.25, 0.3) is 0 Å². The fraction of sp³-hybridized carbons (Fsp3) is 0.385. The molecule has 1 aromatic carbocycles. The van der Waals surface area contributed by atoms with E-state index in [2.05, 4.69) is 26.6 Å². The maximum atomic E-state index is 11.8. The average molecular weight is 380 g/mol. The van der Waals surface area contributed by atoms with Gasteiger partial charge in [-0.05, 0) is 47.0 Å². The largest absolute Gasteiger partial charge is 0.480 e. The number of hydrogen-bond acceptors (Lipinski definition) is 3. The van der Waals surface area contributed by atoms with Crippen LogP contribution in [0, 0.1) is 0 Å². The summed E-state index contributed by atoms with van der Waals surface area (Å²) in [4.78, 5) is 22.9. The summed E-state index contributed by atoms with van der Waals surface area (Å²) in [7, 11) is 1.54. The number of hydrogen-bond donors (Lipinski definition) is 3. The lowest BCUT2D eigenvalue weighted by Crippen LogP contribution is -2.43. The molecule has 1 rings (SSSR count). The van der Waals surface area contributed by atoms with Crippen molar-refractivity contribution < 1.29 is 19.4 Å². The zero-order chi connectivity index (χ0) is 15.8. The van der Waals surface area contributed by atoms with Gasteiger partial charge in [0, 0.05) is 23.9 Å². The van der Waals surface area contributed by atoms with Crippen LogP contribution in [0.4, 0.5) is 10.5 Å². The van der Waals surface area contributed by atoms with Crippen molar-refractivity contribution in [2.75, 3.05) is 19.0 Å². The summed E-state index contributed by atoms with van der Waals surface area (Å²) in [6.45, 7) is 0.442. The minimum atomic E-state index is -1.08. The number of carboxylic acids is 1. The smallest absolute Gasteiger partial charge is 0.326 e. The van der Waals surface area contributed by atoms with Crippen LogP contribution in [-0.4, -0.2) is 36.9 Å². The Bertz CT molecular complexity index is 513. The fourth-order valence-corrected chi connectivity index (χ4v) is 2.08. The molecule has 0 saturated carbocycles. The summed E-state index contributed by atoms with van der Waals surface area (Å²) in [5.41, 5.74) is 0.504. The van der Waals surface area contributed by atoms with Crippen molar-refractivity contribution in [1.29, 1.82) is 0 Å². The molecule has 0 spiro atoms. The highest BCUT2D eigenvalue weighted by molar-refractivity contribution is 9.10. The lowest BCUT2D eigenvalue weighted by molar-refractivity contribution is -0.139. The second kappa shape index (κ2) is 8.86. The van der Waals surface area contributed by atoms with E-state index in [1.54, 1.807) is 18.2 Å². The van der Waals surface area contributed by atoms with E-state index in [0.717, 1.165) is 0 Å². The summed E-state index contributed by atoms with van der Waals surface area (Å²) in [6.07, 6.45) is 0.834. The lowest BCUT2D eigenvalue weighted by atomic mass is 10.1. The van der Waals surface area contributed by atoms with Crippen molar-refractivity contribution >= 4 is 45.2 Å². The second-order valence-corrected chi connectivity index (χ2v) is 5.51.